The minimum Gasteiger partial charge on any atom is -0.219 e. The molecule has 0 aliphatic rings. The van der Waals surface area contributed by atoms with Gasteiger partial charge in [-0.05, 0) is 53.8 Å². The van der Waals surface area contributed by atoms with Gasteiger partial charge in [0.1, 0.15) is 0 Å². The zero-order chi connectivity index (χ0) is 15.6. The van der Waals surface area contributed by atoms with Crippen molar-refractivity contribution >= 4 is 21.4 Å². The zero-order valence-electron chi connectivity index (χ0n) is 12.4. The SMILES string of the molecule is CC(C)C(C)c1ccc(S(=O)(=O)c2ccc(Cl)cc2)cc1. The van der Waals surface area contributed by atoms with E-state index >= 15 is 0 Å². The Morgan fingerprint density at radius 2 is 1.24 bits per heavy atom. The molecule has 0 aromatic heterocycles. The van der Waals surface area contributed by atoms with Gasteiger partial charge in [-0.3, -0.25) is 0 Å². The lowest BCUT2D eigenvalue weighted by molar-refractivity contribution is 0.534. The molecule has 1 unspecified atom stereocenters. The first-order valence-electron chi connectivity index (χ1n) is 6.93. The monoisotopic (exact) mass is 322 g/mol. The first-order chi connectivity index (χ1) is 9.82. The molecule has 2 nitrogen and oxygen atoms in total. The molecule has 0 bridgehead atoms. The first-order valence-corrected chi connectivity index (χ1v) is 8.79. The highest BCUT2D eigenvalue weighted by molar-refractivity contribution is 7.91. The summed E-state index contributed by atoms with van der Waals surface area (Å²) in [5.74, 6) is 0.918. The molecule has 0 fully saturated rings. The molecule has 0 heterocycles. The van der Waals surface area contributed by atoms with Crippen LogP contribution < -0.4 is 0 Å². The van der Waals surface area contributed by atoms with Gasteiger partial charge in [0, 0.05) is 5.02 Å². The third-order valence-electron chi connectivity index (χ3n) is 3.84. The van der Waals surface area contributed by atoms with Gasteiger partial charge >= 0.3 is 0 Å². The van der Waals surface area contributed by atoms with E-state index in [1.54, 1.807) is 24.3 Å². The Balaban J connectivity index is 2.35. The molecule has 0 saturated heterocycles. The van der Waals surface area contributed by atoms with E-state index in [1.165, 1.54) is 12.1 Å². The van der Waals surface area contributed by atoms with Crippen LogP contribution in [-0.2, 0) is 9.84 Å². The molecule has 0 aliphatic carbocycles. The maximum absolute atomic E-state index is 12.5. The lowest BCUT2D eigenvalue weighted by Gasteiger charge is -2.16. The number of hydrogen-bond donors (Lipinski definition) is 0. The van der Waals surface area contributed by atoms with Gasteiger partial charge in [-0.25, -0.2) is 8.42 Å². The van der Waals surface area contributed by atoms with Gasteiger partial charge in [-0.15, -0.1) is 0 Å². The van der Waals surface area contributed by atoms with Gasteiger partial charge in [0.05, 0.1) is 9.79 Å². The molecule has 0 aliphatic heterocycles. The topological polar surface area (TPSA) is 34.1 Å². The van der Waals surface area contributed by atoms with E-state index in [4.69, 9.17) is 11.6 Å². The highest BCUT2D eigenvalue weighted by atomic mass is 35.5. The molecule has 0 spiro atoms. The molecule has 0 N–H and O–H groups in total. The van der Waals surface area contributed by atoms with Crippen LogP contribution in [0.2, 0.25) is 5.02 Å². The minimum absolute atomic E-state index is 0.261. The average Bonchev–Trinajstić information content (AvgIpc) is 2.47. The highest BCUT2D eigenvalue weighted by Crippen LogP contribution is 2.27. The van der Waals surface area contributed by atoms with Crippen molar-refractivity contribution in [1.82, 2.24) is 0 Å². The van der Waals surface area contributed by atoms with E-state index in [1.807, 2.05) is 12.1 Å². The van der Waals surface area contributed by atoms with Crippen molar-refractivity contribution in [2.45, 2.75) is 36.5 Å². The third-order valence-corrected chi connectivity index (χ3v) is 5.88. The summed E-state index contributed by atoms with van der Waals surface area (Å²) >= 11 is 5.80. The fourth-order valence-electron chi connectivity index (χ4n) is 2.09. The van der Waals surface area contributed by atoms with Crippen LogP contribution >= 0.6 is 11.6 Å². The Labute approximate surface area is 131 Å². The van der Waals surface area contributed by atoms with E-state index in [-0.39, 0.29) is 4.90 Å². The predicted molar refractivity (Wildman–Crippen MR) is 86.6 cm³/mol. The predicted octanol–water partition coefficient (Wildman–Crippen LogP) is 4.93. The Hall–Kier alpha value is -1.32. The number of halogens is 1. The van der Waals surface area contributed by atoms with Crippen molar-refractivity contribution in [3.05, 3.63) is 59.1 Å². The van der Waals surface area contributed by atoms with Crippen LogP contribution in [0, 0.1) is 5.92 Å². The fraction of sp³-hybridized carbons (Fsp3) is 0.294. The van der Waals surface area contributed by atoms with E-state index < -0.39 is 9.84 Å². The highest BCUT2D eigenvalue weighted by Gasteiger charge is 2.18. The Morgan fingerprint density at radius 3 is 1.67 bits per heavy atom. The van der Waals surface area contributed by atoms with E-state index in [0.717, 1.165) is 5.56 Å². The molecule has 4 heteroatoms. The largest absolute Gasteiger partial charge is 0.219 e. The molecule has 2 rings (SSSR count). The van der Waals surface area contributed by atoms with Gasteiger partial charge < -0.3 is 0 Å². The Kier molecular flexibility index (Phi) is 4.74. The van der Waals surface area contributed by atoms with Crippen LogP contribution in [0.3, 0.4) is 0 Å². The van der Waals surface area contributed by atoms with Crippen molar-refractivity contribution in [3.63, 3.8) is 0 Å². The van der Waals surface area contributed by atoms with Crippen LogP contribution in [0.25, 0.3) is 0 Å². The summed E-state index contributed by atoms with van der Waals surface area (Å²) in [6.45, 7) is 6.46. The average molecular weight is 323 g/mol. The first kappa shape index (κ1) is 16.1. The molecule has 21 heavy (non-hydrogen) atoms. The fourth-order valence-corrected chi connectivity index (χ4v) is 3.47. The van der Waals surface area contributed by atoms with Crippen molar-refractivity contribution < 1.29 is 8.42 Å². The summed E-state index contributed by atoms with van der Waals surface area (Å²) in [5.41, 5.74) is 1.15. The summed E-state index contributed by atoms with van der Waals surface area (Å²) in [6, 6.07) is 13.4. The zero-order valence-corrected chi connectivity index (χ0v) is 13.9. The van der Waals surface area contributed by atoms with Crippen molar-refractivity contribution in [3.8, 4) is 0 Å². The van der Waals surface area contributed by atoms with Gasteiger partial charge in [-0.1, -0.05) is 44.5 Å². The quantitative estimate of drug-likeness (QED) is 0.799. The smallest absolute Gasteiger partial charge is 0.206 e. The van der Waals surface area contributed by atoms with Crippen LogP contribution in [-0.4, -0.2) is 8.42 Å². The van der Waals surface area contributed by atoms with E-state index in [9.17, 15) is 8.42 Å². The Morgan fingerprint density at radius 1 is 0.810 bits per heavy atom. The van der Waals surface area contributed by atoms with Crippen LogP contribution in [0.5, 0.6) is 0 Å². The summed E-state index contributed by atoms with van der Waals surface area (Å²) < 4.78 is 25.0. The summed E-state index contributed by atoms with van der Waals surface area (Å²) in [4.78, 5) is 0.570. The lowest BCUT2D eigenvalue weighted by atomic mass is 9.90. The number of sulfone groups is 1. The molecule has 0 saturated carbocycles. The molecular weight excluding hydrogens is 304 g/mol. The standard InChI is InChI=1S/C17H19ClO2S/c1-12(2)13(3)14-4-8-16(9-5-14)21(19,20)17-10-6-15(18)7-11-17/h4-13H,1-3H3. The van der Waals surface area contributed by atoms with E-state index in [2.05, 4.69) is 20.8 Å². The second-order valence-corrected chi connectivity index (χ2v) is 7.95. The van der Waals surface area contributed by atoms with Gasteiger partial charge in [-0.2, -0.15) is 0 Å². The van der Waals surface area contributed by atoms with Crippen molar-refractivity contribution in [1.29, 1.82) is 0 Å². The van der Waals surface area contributed by atoms with Gasteiger partial charge in [0.2, 0.25) is 9.84 Å². The minimum atomic E-state index is -3.48. The maximum atomic E-state index is 12.5. The molecule has 2 aromatic carbocycles. The van der Waals surface area contributed by atoms with Crippen LogP contribution in [0.15, 0.2) is 58.3 Å². The third kappa shape index (κ3) is 3.47. The summed E-state index contributed by atoms with van der Waals surface area (Å²) in [5, 5.41) is 0.523. The summed E-state index contributed by atoms with van der Waals surface area (Å²) in [6.07, 6.45) is 0. The number of benzene rings is 2. The number of rotatable bonds is 4. The molecule has 0 amide bonds. The van der Waals surface area contributed by atoms with Crippen LogP contribution in [0.1, 0.15) is 32.3 Å². The molecule has 2 aromatic rings. The molecule has 112 valence electrons. The second-order valence-electron chi connectivity index (χ2n) is 5.56. The Bertz CT molecular complexity index is 701. The lowest BCUT2D eigenvalue weighted by Crippen LogP contribution is -2.04. The maximum Gasteiger partial charge on any atom is 0.206 e. The molecule has 0 radical (unpaired) electrons. The second kappa shape index (κ2) is 6.20. The van der Waals surface area contributed by atoms with Crippen LogP contribution in [0.4, 0.5) is 0 Å². The molecule has 1 atom stereocenters. The molecular formula is C17H19ClO2S. The van der Waals surface area contributed by atoms with Gasteiger partial charge in [0.25, 0.3) is 0 Å². The number of hydrogen-bond acceptors (Lipinski definition) is 2. The summed E-state index contributed by atoms with van der Waals surface area (Å²) in [7, 11) is -3.48. The van der Waals surface area contributed by atoms with E-state index in [0.29, 0.717) is 21.8 Å². The van der Waals surface area contributed by atoms with Crippen molar-refractivity contribution in [2.75, 3.05) is 0 Å². The van der Waals surface area contributed by atoms with Crippen molar-refractivity contribution in [2.24, 2.45) is 5.92 Å². The van der Waals surface area contributed by atoms with Gasteiger partial charge in [0.15, 0.2) is 0 Å². The normalized spacial score (nSPS) is 13.4.